The molecule has 5 saturated heterocycles. The molecule has 5 aliphatic heterocycles. The van der Waals surface area contributed by atoms with Crippen LogP contribution in [0.4, 0.5) is 4.79 Å². The molecule has 3 amide bonds. The average Bonchev–Trinajstić information content (AvgIpc) is 4.06. The van der Waals surface area contributed by atoms with Crippen LogP contribution in [0, 0.1) is 45.3 Å². The third-order valence-electron chi connectivity index (χ3n) is 18.2. The van der Waals surface area contributed by atoms with Crippen molar-refractivity contribution < 1.29 is 47.8 Å². The lowest BCUT2D eigenvalue weighted by atomic mass is 9.43. The minimum absolute atomic E-state index is 0. The highest BCUT2D eigenvalue weighted by Gasteiger charge is 2.70. The van der Waals surface area contributed by atoms with E-state index in [0.29, 0.717) is 54.7 Å². The van der Waals surface area contributed by atoms with E-state index in [1.807, 2.05) is 67.2 Å². The van der Waals surface area contributed by atoms with Crippen molar-refractivity contribution in [3.05, 3.63) is 0 Å². The topological polar surface area (TPSA) is 194 Å². The molecule has 11 aliphatic rings. The molecular weight excluding hydrogens is 922 g/mol. The smallest absolute Gasteiger partial charge is 0.444 e. The Hall–Kier alpha value is -1.34. The molecule has 394 valence electrons. The molecule has 0 aromatic carbocycles. The predicted octanol–water partition coefficient (Wildman–Crippen LogP) is 6.40. The summed E-state index contributed by atoms with van der Waals surface area (Å²) >= 11 is 0. The summed E-state index contributed by atoms with van der Waals surface area (Å²) in [5, 5.41) is 24.7. The zero-order valence-electron chi connectivity index (χ0n) is 44.7. The number of carbonyl (C=O) groups excluding carboxylic acids is 3. The predicted molar refractivity (Wildman–Crippen MR) is 275 cm³/mol. The number of likely N-dealkylation sites (tertiary alicyclic amines) is 2. The summed E-state index contributed by atoms with van der Waals surface area (Å²) in [7, 11) is -1.89. The van der Waals surface area contributed by atoms with Gasteiger partial charge in [-0.3, -0.25) is 9.59 Å². The van der Waals surface area contributed by atoms with Crippen molar-refractivity contribution in [1.29, 1.82) is 0 Å². The van der Waals surface area contributed by atoms with E-state index in [-0.39, 0.29) is 77.8 Å². The maximum absolute atomic E-state index is 13.8. The molecule has 69 heavy (non-hydrogen) atoms. The standard InChI is InChI=1S/C25H43BN2O5.C14H24BNO2.C10H21BN2O3.2ClH/c1-22(2,3)19(27-21(30)31-23(4,5)6)20(29)28-12-10-11-18(28)26-32-17-14-15-13-16(24(15,7)8)25(17,9)33-26;1-13(2)9-7-10(13)14(3)11(8-9)17-15(18-14)12-5-4-6-16-12;1-10(2,3)8(12)9(14)13-6-4-5-7(13)11(15)16;;/h15-19H,10-14H2,1-9H3,(H,27,30);9-12,16H,4-8H2,1-3H3;7-8,15-16H,4-6,12H2,1-3H3;2*1H/t15?,16?,17-,18+,19-,25+;9?,10?,11-,12+,14+;7-,8+;;/m110../s1. The fourth-order valence-corrected chi connectivity index (χ4v) is 13.6. The number of carbonyl (C=O) groups is 3. The van der Waals surface area contributed by atoms with E-state index in [9.17, 15) is 24.4 Å². The Balaban J connectivity index is 0.000000208. The van der Waals surface area contributed by atoms with Crippen molar-refractivity contribution in [3.63, 3.8) is 0 Å². The van der Waals surface area contributed by atoms with Gasteiger partial charge in [0, 0.05) is 19.0 Å². The Labute approximate surface area is 428 Å². The van der Waals surface area contributed by atoms with Gasteiger partial charge in [0.2, 0.25) is 11.8 Å². The molecule has 11 rings (SSSR count). The second-order valence-electron chi connectivity index (χ2n) is 26.6. The summed E-state index contributed by atoms with van der Waals surface area (Å²) in [6, 6.07) is -1.30. The molecule has 15 nitrogen and oxygen atoms in total. The monoisotopic (exact) mass is 1010 g/mol. The van der Waals surface area contributed by atoms with Gasteiger partial charge in [0.1, 0.15) is 11.6 Å². The van der Waals surface area contributed by atoms with Crippen LogP contribution in [0.3, 0.4) is 0 Å². The van der Waals surface area contributed by atoms with E-state index in [2.05, 4.69) is 52.2 Å². The van der Waals surface area contributed by atoms with Gasteiger partial charge in [-0.25, -0.2) is 4.79 Å². The second-order valence-corrected chi connectivity index (χ2v) is 26.6. The quantitative estimate of drug-likeness (QED) is 0.184. The Morgan fingerprint density at radius 3 is 1.70 bits per heavy atom. The van der Waals surface area contributed by atoms with Crippen LogP contribution in [0.15, 0.2) is 0 Å². The van der Waals surface area contributed by atoms with Gasteiger partial charge in [-0.2, -0.15) is 0 Å². The highest BCUT2D eigenvalue weighted by Crippen LogP contribution is 2.67. The van der Waals surface area contributed by atoms with Crippen LogP contribution in [0.1, 0.15) is 168 Å². The van der Waals surface area contributed by atoms with Crippen LogP contribution in [-0.2, 0) is 32.9 Å². The van der Waals surface area contributed by atoms with Crippen molar-refractivity contribution in [2.24, 2.45) is 51.1 Å². The molecule has 0 radical (unpaired) electrons. The van der Waals surface area contributed by atoms with Crippen molar-refractivity contribution in [2.45, 2.75) is 227 Å². The number of alkyl carbamates (subject to hydrolysis) is 1. The zero-order chi connectivity index (χ0) is 49.6. The van der Waals surface area contributed by atoms with Crippen molar-refractivity contribution in [1.82, 2.24) is 20.4 Å². The molecule has 5 heterocycles. The third kappa shape index (κ3) is 11.4. The molecule has 6 saturated carbocycles. The van der Waals surface area contributed by atoms with Gasteiger partial charge < -0.3 is 59.6 Å². The number of rotatable bonds is 6. The number of nitrogens with one attached hydrogen (secondary N) is 2. The minimum Gasteiger partial charge on any atom is -0.444 e. The lowest BCUT2D eigenvalue weighted by Gasteiger charge is -2.64. The fraction of sp³-hybridized carbons (Fsp3) is 0.939. The maximum Gasteiger partial charge on any atom is 0.481 e. The third-order valence-corrected chi connectivity index (χ3v) is 18.2. The lowest BCUT2D eigenvalue weighted by molar-refractivity contribution is -0.199. The molecule has 6 aliphatic carbocycles. The fourth-order valence-electron chi connectivity index (χ4n) is 13.6. The van der Waals surface area contributed by atoms with Gasteiger partial charge in [0.15, 0.2) is 0 Å². The molecule has 4 bridgehead atoms. The van der Waals surface area contributed by atoms with Crippen molar-refractivity contribution in [3.8, 4) is 0 Å². The largest absolute Gasteiger partial charge is 0.481 e. The highest BCUT2D eigenvalue weighted by molar-refractivity contribution is 6.48. The first-order valence-electron chi connectivity index (χ1n) is 25.9. The second kappa shape index (κ2) is 20.8. The maximum atomic E-state index is 13.8. The van der Waals surface area contributed by atoms with Crippen molar-refractivity contribution in [2.75, 3.05) is 19.6 Å². The summed E-state index contributed by atoms with van der Waals surface area (Å²) in [4.78, 5) is 41.8. The first-order valence-corrected chi connectivity index (χ1v) is 25.9. The average molecular weight is 1010 g/mol. The normalized spacial score (nSPS) is 36.6. The SMILES string of the molecule is CC(C)(C)OC(=O)N[C@H](C(=O)N1CCC[C@H]1B1O[C@@H]2CC3CC(C3(C)C)[C@]2(C)O1)C(C)(C)C.CC(C)(C)[C@H](N)C(=O)N1CCC[C@H]1B(O)O.CC1(C)C2CC1[C@]1(C)OB([C@@H]3CCCN3)O[C@@H]1C2.Cl.Cl. The summed E-state index contributed by atoms with van der Waals surface area (Å²) in [6.45, 7) is 33.4. The van der Waals surface area contributed by atoms with Crippen LogP contribution >= 0.6 is 24.8 Å². The molecule has 0 spiro atoms. The number of hydrogen-bond donors (Lipinski definition) is 5. The van der Waals surface area contributed by atoms with Crippen LogP contribution in [-0.4, -0.2) is 138 Å². The van der Waals surface area contributed by atoms with Crippen LogP contribution in [0.5, 0.6) is 0 Å². The summed E-state index contributed by atoms with van der Waals surface area (Å²) < 4.78 is 31.3. The van der Waals surface area contributed by atoms with E-state index in [1.165, 1.54) is 37.0 Å². The molecule has 11 fully saturated rings. The van der Waals surface area contributed by atoms with Crippen LogP contribution in [0.25, 0.3) is 0 Å². The number of nitrogens with two attached hydrogens (primary N) is 1. The number of halogens is 2. The Bertz CT molecular complexity index is 1830. The van der Waals surface area contributed by atoms with Gasteiger partial charge in [-0.15, -0.1) is 24.8 Å². The number of ether oxygens (including phenoxy) is 1. The molecule has 20 heteroatoms. The van der Waals surface area contributed by atoms with E-state index >= 15 is 0 Å². The molecule has 6 N–H and O–H groups in total. The molecule has 4 unspecified atom stereocenters. The van der Waals surface area contributed by atoms with E-state index < -0.39 is 49.4 Å². The van der Waals surface area contributed by atoms with Gasteiger partial charge >= 0.3 is 27.4 Å². The number of hydrogen-bond acceptors (Lipinski definition) is 12. The summed E-state index contributed by atoms with van der Waals surface area (Å²) in [5.74, 6) is 2.21. The van der Waals surface area contributed by atoms with Crippen molar-refractivity contribution >= 4 is 64.1 Å². The zero-order valence-corrected chi connectivity index (χ0v) is 46.4. The van der Waals surface area contributed by atoms with Gasteiger partial charge in [0.05, 0.1) is 41.3 Å². The lowest BCUT2D eigenvalue weighted by Crippen LogP contribution is -2.65. The van der Waals surface area contributed by atoms with Crippen LogP contribution < -0.4 is 16.4 Å². The van der Waals surface area contributed by atoms with E-state index in [0.717, 1.165) is 38.1 Å². The minimum atomic E-state index is -1.47. The Kier molecular flexibility index (Phi) is 17.6. The molecule has 0 aromatic heterocycles. The Morgan fingerprint density at radius 2 is 1.23 bits per heavy atom. The Morgan fingerprint density at radius 1 is 0.725 bits per heavy atom. The number of amides is 3. The highest BCUT2D eigenvalue weighted by atomic mass is 35.5. The number of nitrogens with zero attached hydrogens (tertiary/aromatic N) is 2. The summed E-state index contributed by atoms with van der Waals surface area (Å²) in [6.07, 6.45) is 10.3. The molecule has 0 aromatic rings. The molecule has 13 atom stereocenters. The van der Waals surface area contributed by atoms with E-state index in [4.69, 9.17) is 29.1 Å². The van der Waals surface area contributed by atoms with E-state index in [1.54, 1.807) is 0 Å². The first kappa shape index (κ1) is 58.6. The van der Waals surface area contributed by atoms with Gasteiger partial charge in [-0.05, 0) is 151 Å². The van der Waals surface area contributed by atoms with Crippen LogP contribution in [0.2, 0.25) is 0 Å². The molecular formula is C49H90B3Cl2N5O10. The first-order chi connectivity index (χ1) is 30.8. The van der Waals surface area contributed by atoms with Gasteiger partial charge in [-0.1, -0.05) is 69.2 Å². The van der Waals surface area contributed by atoms with Gasteiger partial charge in [0.25, 0.3) is 0 Å². The summed E-state index contributed by atoms with van der Waals surface area (Å²) in [5.41, 5.74) is 4.88.